The number of hydrogen-bond acceptors (Lipinski definition) is 2. The zero-order chi connectivity index (χ0) is 17.0. The van der Waals surface area contributed by atoms with Crippen molar-refractivity contribution in [3.8, 4) is 0 Å². The molecule has 0 saturated carbocycles. The standard InChI is InChI=1S/C21H21NO2/c1-17(23)12-14-21(19-10-6-3-7-11-19)15-13-20(24)22(21)16-18-8-4-2-5-9-18/h2-11,13,15H,12,14,16H2,1H3/t21-/m1/s1. The highest BCUT2D eigenvalue weighted by atomic mass is 16.2. The molecule has 0 saturated heterocycles. The second-order valence-electron chi connectivity index (χ2n) is 6.24. The zero-order valence-electron chi connectivity index (χ0n) is 13.8. The molecule has 3 heteroatoms. The lowest BCUT2D eigenvalue weighted by Crippen LogP contribution is -2.43. The molecule has 122 valence electrons. The Balaban J connectivity index is 1.99. The molecule has 1 heterocycles. The molecular formula is C21H21NO2. The van der Waals surface area contributed by atoms with E-state index in [9.17, 15) is 9.59 Å². The highest BCUT2D eigenvalue weighted by Crippen LogP contribution is 2.40. The van der Waals surface area contributed by atoms with Gasteiger partial charge in [0.15, 0.2) is 0 Å². The molecule has 2 aromatic carbocycles. The fourth-order valence-corrected chi connectivity index (χ4v) is 3.28. The normalized spacial score (nSPS) is 19.7. The van der Waals surface area contributed by atoms with Crippen molar-refractivity contribution in [1.82, 2.24) is 4.90 Å². The molecule has 0 unspecified atom stereocenters. The Morgan fingerprint density at radius 3 is 2.25 bits per heavy atom. The summed E-state index contributed by atoms with van der Waals surface area (Å²) in [7, 11) is 0. The van der Waals surface area contributed by atoms with Crippen LogP contribution in [0.25, 0.3) is 0 Å². The van der Waals surface area contributed by atoms with E-state index in [0.29, 0.717) is 19.4 Å². The number of amides is 1. The Labute approximate surface area is 142 Å². The van der Waals surface area contributed by atoms with E-state index < -0.39 is 5.54 Å². The van der Waals surface area contributed by atoms with Gasteiger partial charge in [-0.25, -0.2) is 0 Å². The van der Waals surface area contributed by atoms with Gasteiger partial charge in [0.25, 0.3) is 0 Å². The van der Waals surface area contributed by atoms with Crippen molar-refractivity contribution in [2.75, 3.05) is 0 Å². The van der Waals surface area contributed by atoms with Crippen LogP contribution in [-0.4, -0.2) is 16.6 Å². The Hall–Kier alpha value is -2.68. The van der Waals surface area contributed by atoms with E-state index in [4.69, 9.17) is 0 Å². The summed E-state index contributed by atoms with van der Waals surface area (Å²) in [5.74, 6) is 0.129. The largest absolute Gasteiger partial charge is 0.322 e. The van der Waals surface area contributed by atoms with E-state index in [1.54, 1.807) is 13.0 Å². The van der Waals surface area contributed by atoms with E-state index in [-0.39, 0.29) is 11.7 Å². The molecule has 0 spiro atoms. The van der Waals surface area contributed by atoms with Crippen LogP contribution in [0.15, 0.2) is 72.8 Å². The van der Waals surface area contributed by atoms with Crippen molar-refractivity contribution in [3.63, 3.8) is 0 Å². The maximum atomic E-state index is 12.6. The molecule has 1 aliphatic heterocycles. The number of ketones is 1. The topological polar surface area (TPSA) is 37.4 Å². The van der Waals surface area contributed by atoms with Gasteiger partial charge in [0.1, 0.15) is 5.78 Å². The second-order valence-corrected chi connectivity index (χ2v) is 6.24. The fourth-order valence-electron chi connectivity index (χ4n) is 3.28. The van der Waals surface area contributed by atoms with Crippen molar-refractivity contribution >= 4 is 11.7 Å². The summed E-state index contributed by atoms with van der Waals surface area (Å²) >= 11 is 0. The third kappa shape index (κ3) is 3.16. The van der Waals surface area contributed by atoms with Gasteiger partial charge in [-0.3, -0.25) is 4.79 Å². The zero-order valence-corrected chi connectivity index (χ0v) is 13.8. The first-order valence-electron chi connectivity index (χ1n) is 8.21. The Morgan fingerprint density at radius 1 is 1.00 bits per heavy atom. The first kappa shape index (κ1) is 16.2. The molecule has 1 aliphatic rings. The van der Waals surface area contributed by atoms with Crippen LogP contribution in [0.1, 0.15) is 30.9 Å². The molecule has 2 aromatic rings. The molecule has 24 heavy (non-hydrogen) atoms. The second kappa shape index (κ2) is 6.83. The minimum atomic E-state index is -0.556. The summed E-state index contributed by atoms with van der Waals surface area (Å²) in [5.41, 5.74) is 1.57. The minimum absolute atomic E-state index is 0.00809. The lowest BCUT2D eigenvalue weighted by molar-refractivity contribution is -0.131. The van der Waals surface area contributed by atoms with Crippen LogP contribution in [-0.2, 0) is 21.7 Å². The molecule has 0 aliphatic carbocycles. The minimum Gasteiger partial charge on any atom is -0.322 e. The maximum absolute atomic E-state index is 12.6. The Bertz CT molecular complexity index is 752. The van der Waals surface area contributed by atoms with Crippen LogP contribution >= 0.6 is 0 Å². The van der Waals surface area contributed by atoms with Crippen LogP contribution in [0.5, 0.6) is 0 Å². The van der Waals surface area contributed by atoms with Crippen LogP contribution in [0, 0.1) is 0 Å². The van der Waals surface area contributed by atoms with Crippen molar-refractivity contribution in [1.29, 1.82) is 0 Å². The average molecular weight is 319 g/mol. The van der Waals surface area contributed by atoms with Crippen LogP contribution < -0.4 is 0 Å². The van der Waals surface area contributed by atoms with E-state index in [0.717, 1.165) is 11.1 Å². The van der Waals surface area contributed by atoms with Gasteiger partial charge in [-0.2, -0.15) is 0 Å². The smallest absolute Gasteiger partial charge is 0.247 e. The lowest BCUT2D eigenvalue weighted by atomic mass is 9.84. The van der Waals surface area contributed by atoms with Gasteiger partial charge in [0, 0.05) is 19.0 Å². The molecule has 1 atom stereocenters. The molecule has 0 aromatic heterocycles. The van der Waals surface area contributed by atoms with Crippen LogP contribution in [0.4, 0.5) is 0 Å². The molecule has 0 N–H and O–H groups in total. The number of hydrogen-bond donors (Lipinski definition) is 0. The number of benzene rings is 2. The number of carbonyl (C=O) groups excluding carboxylic acids is 2. The summed E-state index contributed by atoms with van der Waals surface area (Å²) in [6, 6.07) is 19.9. The van der Waals surface area contributed by atoms with Gasteiger partial charge in [-0.15, -0.1) is 0 Å². The third-order valence-corrected chi connectivity index (χ3v) is 4.56. The molecule has 0 fully saturated rings. The summed E-state index contributed by atoms with van der Waals surface area (Å²) in [5, 5.41) is 0. The van der Waals surface area contributed by atoms with Crippen molar-refractivity contribution in [2.45, 2.75) is 31.8 Å². The monoisotopic (exact) mass is 319 g/mol. The summed E-state index contributed by atoms with van der Waals surface area (Å²) in [6.07, 6.45) is 4.63. The highest BCUT2D eigenvalue weighted by Gasteiger charge is 2.42. The van der Waals surface area contributed by atoms with E-state index in [2.05, 4.69) is 0 Å². The van der Waals surface area contributed by atoms with Crippen molar-refractivity contribution in [2.24, 2.45) is 0 Å². The molecule has 3 nitrogen and oxygen atoms in total. The number of Topliss-reactive ketones (excluding diaryl/α,β-unsaturated/α-hetero) is 1. The summed E-state index contributed by atoms with van der Waals surface area (Å²) < 4.78 is 0. The molecule has 0 bridgehead atoms. The van der Waals surface area contributed by atoms with Gasteiger partial charge in [-0.1, -0.05) is 60.7 Å². The average Bonchev–Trinajstić information content (AvgIpc) is 2.92. The number of nitrogens with zero attached hydrogens (tertiary/aromatic N) is 1. The predicted molar refractivity (Wildman–Crippen MR) is 94.2 cm³/mol. The van der Waals surface area contributed by atoms with Gasteiger partial charge < -0.3 is 9.69 Å². The van der Waals surface area contributed by atoms with E-state index in [1.807, 2.05) is 71.6 Å². The van der Waals surface area contributed by atoms with Crippen molar-refractivity contribution in [3.05, 3.63) is 83.9 Å². The maximum Gasteiger partial charge on any atom is 0.247 e. The van der Waals surface area contributed by atoms with Crippen LogP contribution in [0.2, 0.25) is 0 Å². The highest BCUT2D eigenvalue weighted by molar-refractivity contribution is 5.92. The van der Waals surface area contributed by atoms with E-state index >= 15 is 0 Å². The lowest BCUT2D eigenvalue weighted by Gasteiger charge is -2.39. The fraction of sp³-hybridized carbons (Fsp3) is 0.238. The number of carbonyl (C=O) groups is 2. The first-order chi connectivity index (χ1) is 11.6. The molecule has 3 rings (SSSR count). The van der Waals surface area contributed by atoms with Gasteiger partial charge in [0.2, 0.25) is 5.91 Å². The molecule has 1 amide bonds. The van der Waals surface area contributed by atoms with Crippen LogP contribution in [0.3, 0.4) is 0 Å². The first-order valence-corrected chi connectivity index (χ1v) is 8.21. The molecular weight excluding hydrogens is 298 g/mol. The SMILES string of the molecule is CC(=O)CC[C@]1(c2ccccc2)C=CC(=O)N1Cc1ccccc1. The third-order valence-electron chi connectivity index (χ3n) is 4.56. The number of rotatable bonds is 6. The Kier molecular flexibility index (Phi) is 4.61. The van der Waals surface area contributed by atoms with E-state index in [1.165, 1.54) is 0 Å². The molecule has 0 radical (unpaired) electrons. The Morgan fingerprint density at radius 2 is 1.62 bits per heavy atom. The predicted octanol–water partition coefficient (Wildman–Crippen LogP) is 3.85. The van der Waals surface area contributed by atoms with Gasteiger partial charge in [0.05, 0.1) is 5.54 Å². The summed E-state index contributed by atoms with van der Waals surface area (Å²) in [4.78, 5) is 26.0. The van der Waals surface area contributed by atoms with Gasteiger partial charge >= 0.3 is 0 Å². The summed E-state index contributed by atoms with van der Waals surface area (Å²) in [6.45, 7) is 2.13. The van der Waals surface area contributed by atoms with Gasteiger partial charge in [-0.05, 0) is 30.5 Å². The van der Waals surface area contributed by atoms with Crippen molar-refractivity contribution < 1.29 is 9.59 Å². The quantitative estimate of drug-likeness (QED) is 0.811.